The van der Waals surface area contributed by atoms with Gasteiger partial charge in [-0.1, -0.05) is 0 Å². The van der Waals surface area contributed by atoms with Gasteiger partial charge in [-0.05, 0) is 0 Å². The lowest BCUT2D eigenvalue weighted by atomic mass is 9.95. The van der Waals surface area contributed by atoms with E-state index in [1.165, 1.54) is 0 Å². The van der Waals surface area contributed by atoms with Crippen molar-refractivity contribution in [2.45, 2.75) is 154 Å². The summed E-state index contributed by atoms with van der Waals surface area (Å²) in [6, 6.07) is 0. The van der Waals surface area contributed by atoms with Crippen LogP contribution in [0.4, 0.5) is 0 Å². The number of ether oxygens (including phenoxy) is 10. The molecule has 0 aromatic rings. The van der Waals surface area contributed by atoms with Crippen molar-refractivity contribution in [1.82, 2.24) is 0 Å². The Morgan fingerprint density at radius 2 is 0.650 bits per heavy atom. The summed E-state index contributed by atoms with van der Waals surface area (Å²) in [4.78, 5) is 11.1. The number of carboxylic acids is 1. The summed E-state index contributed by atoms with van der Waals surface area (Å²) in [7, 11) is 0. The van der Waals surface area contributed by atoms with Crippen LogP contribution in [0.3, 0.4) is 0 Å². The van der Waals surface area contributed by atoms with Crippen molar-refractivity contribution in [3.8, 4) is 0 Å². The minimum absolute atomic E-state index is 0.897. The summed E-state index contributed by atoms with van der Waals surface area (Å²) in [5.74, 6) is -1.48. The molecule has 28 nitrogen and oxygen atoms in total. The van der Waals surface area contributed by atoms with Gasteiger partial charge >= 0.3 is 5.97 Å². The first-order valence-corrected chi connectivity index (χ1v) is 18.7. The monoisotopic (exact) mass is 886 g/mol. The van der Waals surface area contributed by atoms with Gasteiger partial charge in [-0.2, -0.15) is 0 Å². The summed E-state index contributed by atoms with van der Waals surface area (Å²) in [6.45, 7) is -5.80. The zero-order chi connectivity index (χ0) is 44.3. The van der Waals surface area contributed by atoms with Gasteiger partial charge in [-0.15, -0.1) is 0 Å². The Bertz CT molecular complexity index is 1330. The highest BCUT2D eigenvalue weighted by Crippen LogP contribution is 2.36. The van der Waals surface area contributed by atoms with Crippen LogP contribution in [-0.2, 0) is 52.2 Å². The molecule has 17 N–H and O–H groups in total. The van der Waals surface area contributed by atoms with Crippen LogP contribution in [-0.4, -0.2) is 286 Å². The second-order valence-electron chi connectivity index (χ2n) is 14.6. The summed E-state index contributed by atoms with van der Waals surface area (Å²) in [5, 5.41) is 178. The van der Waals surface area contributed by atoms with Crippen LogP contribution < -0.4 is 0 Å². The Balaban J connectivity index is 1.42. The van der Waals surface area contributed by atoms with Gasteiger partial charge in [0.05, 0.1) is 33.0 Å². The van der Waals surface area contributed by atoms with Crippen molar-refractivity contribution in [2.75, 3.05) is 39.6 Å². The molecule has 28 heteroatoms. The van der Waals surface area contributed by atoms with E-state index in [9.17, 15) is 86.5 Å². The van der Waals surface area contributed by atoms with Crippen molar-refractivity contribution >= 4 is 5.97 Å². The average Bonchev–Trinajstić information content (AvgIpc) is 3.23. The third-order valence-corrected chi connectivity index (χ3v) is 10.7. The lowest BCUT2D eigenvalue weighted by Crippen LogP contribution is -2.68. The first-order valence-electron chi connectivity index (χ1n) is 18.7. The molecule has 5 rings (SSSR count). The molecule has 0 amide bonds. The summed E-state index contributed by atoms with van der Waals surface area (Å²) < 4.78 is 55.2. The Labute approximate surface area is 338 Å². The van der Waals surface area contributed by atoms with Crippen LogP contribution in [0.2, 0.25) is 0 Å². The van der Waals surface area contributed by atoms with Gasteiger partial charge in [-0.25, -0.2) is 4.79 Å². The van der Waals surface area contributed by atoms with Gasteiger partial charge in [0.25, 0.3) is 0 Å². The number of aliphatic carboxylic acids is 1. The van der Waals surface area contributed by atoms with Gasteiger partial charge < -0.3 is 134 Å². The van der Waals surface area contributed by atoms with Crippen molar-refractivity contribution in [2.24, 2.45) is 0 Å². The van der Waals surface area contributed by atoms with Crippen molar-refractivity contribution in [3.63, 3.8) is 0 Å². The van der Waals surface area contributed by atoms with Crippen LogP contribution in [0, 0.1) is 0 Å². The number of aliphatic hydroxyl groups excluding tert-OH is 16. The van der Waals surface area contributed by atoms with Gasteiger partial charge in [0.15, 0.2) is 31.5 Å². The van der Waals surface area contributed by atoms with Crippen LogP contribution in [0.25, 0.3) is 0 Å². The highest BCUT2D eigenvalue weighted by Gasteiger charge is 2.57. The predicted octanol–water partition coefficient (Wildman–Crippen LogP) is -11.8. The zero-order valence-electron chi connectivity index (χ0n) is 31.3. The van der Waals surface area contributed by atoms with Crippen molar-refractivity contribution < 1.29 is 139 Å². The number of carbonyl (C=O) groups is 1. The quantitative estimate of drug-likeness (QED) is 0.0684. The minimum Gasteiger partial charge on any atom is -0.480 e. The average molecular weight is 887 g/mol. The molecular formula is C32H54O28. The third kappa shape index (κ3) is 10.3. The Morgan fingerprint density at radius 3 is 1.07 bits per heavy atom. The fraction of sp³-hybridized carbons (Fsp3) is 0.969. The van der Waals surface area contributed by atoms with Crippen LogP contribution in [0.1, 0.15) is 0 Å². The SMILES string of the molecule is O=C(O)CO[C@H]1OC(CO)[C@@H](O)[C@H](O[C@H]2OC(CO)[C@@H](O)[C@H](O[C@H]3OC(CO)[C@@H](O)[C@H](O)C3O[C@H]3OC(CO)[C@@H](O)[C@H](O)C3O[C@H]3OC(CO)[C@@H](O)[C@H](O)C3O)C2O)C1O. The van der Waals surface area contributed by atoms with E-state index in [1.54, 1.807) is 0 Å². The van der Waals surface area contributed by atoms with Gasteiger partial charge in [0.2, 0.25) is 0 Å². The normalized spacial score (nSPS) is 50.4. The van der Waals surface area contributed by atoms with Gasteiger partial charge in [0, 0.05) is 0 Å². The second kappa shape index (κ2) is 21.4. The topological polar surface area (TPSA) is 453 Å². The molecule has 60 heavy (non-hydrogen) atoms. The standard InChI is InChI=1S/C32H54O28/c33-1-7-13(40)18(45)21(48)29(53-7)59-26-19(46)14(41)9(3-35)56-32(26)60-27-20(47)15(42)8(2-34)55-31(27)58-25-17(44)11(5-37)54-30(23(25)50)57-24-16(43)10(4-36)52-28(22(24)49)51-6-12(38)39/h7-11,13-37,40-50H,1-6H2,(H,38,39)/t7?,8?,9?,10?,11?,13-,14-,15-,16-,17-,18+,19+,20+,21?,22?,23?,24+,25+,26?,27?,28+,29-,30-,31-,32-/m1/s1. The Hall–Kier alpha value is -1.57. The molecule has 0 aliphatic carbocycles. The highest BCUT2D eigenvalue weighted by atomic mass is 16.8. The molecule has 5 aliphatic rings. The van der Waals surface area contributed by atoms with E-state index >= 15 is 0 Å². The first-order chi connectivity index (χ1) is 28.4. The Kier molecular flexibility index (Phi) is 17.6. The van der Waals surface area contributed by atoms with E-state index in [0.717, 1.165) is 0 Å². The van der Waals surface area contributed by atoms with Gasteiger partial charge in [-0.3, -0.25) is 0 Å². The molecule has 0 bridgehead atoms. The lowest BCUT2D eigenvalue weighted by Gasteiger charge is -2.50. The molecule has 5 fully saturated rings. The number of hydrogen-bond donors (Lipinski definition) is 17. The predicted molar refractivity (Wildman–Crippen MR) is 178 cm³/mol. The van der Waals surface area contributed by atoms with Crippen LogP contribution >= 0.6 is 0 Å². The number of carboxylic acid groups (broad SMARTS) is 1. The smallest absolute Gasteiger partial charge is 0.329 e. The molecular weight excluding hydrogens is 832 g/mol. The third-order valence-electron chi connectivity index (χ3n) is 10.7. The number of hydrogen-bond acceptors (Lipinski definition) is 27. The molecule has 0 radical (unpaired) electrons. The molecule has 5 heterocycles. The minimum atomic E-state index is -2.22. The molecule has 5 saturated heterocycles. The maximum Gasteiger partial charge on any atom is 0.329 e. The van der Waals surface area contributed by atoms with E-state index in [4.69, 9.17) is 52.5 Å². The highest BCUT2D eigenvalue weighted by molar-refractivity contribution is 5.68. The molecule has 0 spiro atoms. The summed E-state index contributed by atoms with van der Waals surface area (Å²) in [6.07, 6.45) is -48.6. The first kappa shape index (κ1) is 49.4. The van der Waals surface area contributed by atoms with Crippen molar-refractivity contribution in [1.29, 1.82) is 0 Å². The number of rotatable bonds is 16. The van der Waals surface area contributed by atoms with E-state index in [2.05, 4.69) is 0 Å². The molecule has 0 aromatic carbocycles. The maximum absolute atomic E-state index is 11.5. The van der Waals surface area contributed by atoms with E-state index < -0.39 is 199 Å². The molecule has 5 aliphatic heterocycles. The van der Waals surface area contributed by atoms with Gasteiger partial charge in [0.1, 0.15) is 129 Å². The van der Waals surface area contributed by atoms with E-state index in [-0.39, 0.29) is 0 Å². The lowest BCUT2D eigenvalue weighted by molar-refractivity contribution is -0.407. The Morgan fingerprint density at radius 1 is 0.350 bits per heavy atom. The number of aliphatic hydroxyl groups is 16. The van der Waals surface area contributed by atoms with Crippen LogP contribution in [0.15, 0.2) is 0 Å². The molecule has 10 unspecified atom stereocenters. The second-order valence-corrected chi connectivity index (χ2v) is 14.6. The summed E-state index contributed by atoms with van der Waals surface area (Å²) >= 11 is 0. The zero-order valence-corrected chi connectivity index (χ0v) is 31.3. The fourth-order valence-corrected chi connectivity index (χ4v) is 7.25. The van der Waals surface area contributed by atoms with Crippen molar-refractivity contribution in [3.05, 3.63) is 0 Å². The van der Waals surface area contributed by atoms with Crippen LogP contribution in [0.5, 0.6) is 0 Å². The molecule has 0 aromatic heterocycles. The molecule has 0 saturated carbocycles. The maximum atomic E-state index is 11.5. The molecule has 25 atom stereocenters. The fourth-order valence-electron chi connectivity index (χ4n) is 7.25. The summed E-state index contributed by atoms with van der Waals surface area (Å²) in [5.41, 5.74) is 0. The molecule has 350 valence electrons. The largest absolute Gasteiger partial charge is 0.480 e. The van der Waals surface area contributed by atoms with E-state index in [1.807, 2.05) is 0 Å². The van der Waals surface area contributed by atoms with E-state index in [0.29, 0.717) is 0 Å².